The molecule has 0 aromatic rings. The van der Waals surface area contributed by atoms with E-state index in [0.29, 0.717) is 10.5 Å². The van der Waals surface area contributed by atoms with Crippen molar-refractivity contribution in [3.05, 3.63) is 0 Å². The summed E-state index contributed by atoms with van der Waals surface area (Å²) in [5.74, 6) is 0. The highest BCUT2D eigenvalue weighted by Crippen LogP contribution is 2.15. The fraction of sp³-hybridized carbons (Fsp3) is 1.00. The number of thiol groups is 2. The molecule has 0 radical (unpaired) electrons. The van der Waals surface area contributed by atoms with E-state index in [1.54, 1.807) is 0 Å². The predicted octanol–water partition coefficient (Wildman–Crippen LogP) is 5.52. The maximum atomic E-state index is 4.51. The monoisotopic (exact) mass is 262 g/mol. The molecule has 2 unspecified atom stereocenters. The molecular weight excluding hydrogens is 232 g/mol. The summed E-state index contributed by atoms with van der Waals surface area (Å²) >= 11 is 9.03. The van der Waals surface area contributed by atoms with E-state index >= 15 is 0 Å². The van der Waals surface area contributed by atoms with Gasteiger partial charge in [-0.05, 0) is 25.7 Å². The van der Waals surface area contributed by atoms with E-state index in [1.165, 1.54) is 64.2 Å². The van der Waals surface area contributed by atoms with Crippen molar-refractivity contribution < 1.29 is 0 Å². The lowest BCUT2D eigenvalue weighted by Crippen LogP contribution is -1.96. The maximum absolute atomic E-state index is 4.51. The van der Waals surface area contributed by atoms with Gasteiger partial charge >= 0.3 is 0 Å². The van der Waals surface area contributed by atoms with Gasteiger partial charge in [0.05, 0.1) is 0 Å². The summed E-state index contributed by atoms with van der Waals surface area (Å²) in [6.07, 6.45) is 13.4. The molecule has 0 aliphatic carbocycles. The van der Waals surface area contributed by atoms with Crippen LogP contribution in [0.15, 0.2) is 0 Å². The minimum atomic E-state index is 0.634. The van der Waals surface area contributed by atoms with Crippen LogP contribution in [0.4, 0.5) is 0 Å². The summed E-state index contributed by atoms with van der Waals surface area (Å²) in [4.78, 5) is 0. The molecule has 0 aliphatic rings. The molecule has 0 spiro atoms. The molecule has 0 saturated heterocycles. The molecule has 16 heavy (non-hydrogen) atoms. The molecule has 2 atom stereocenters. The van der Waals surface area contributed by atoms with Crippen molar-refractivity contribution in [2.24, 2.45) is 0 Å². The summed E-state index contributed by atoms with van der Waals surface area (Å²) < 4.78 is 0. The van der Waals surface area contributed by atoms with E-state index in [1.807, 2.05) is 0 Å². The van der Waals surface area contributed by atoms with Crippen molar-refractivity contribution in [1.29, 1.82) is 0 Å². The van der Waals surface area contributed by atoms with Gasteiger partial charge in [0.25, 0.3) is 0 Å². The Balaban J connectivity index is 3.04. The second-order valence-electron chi connectivity index (χ2n) is 4.82. The Morgan fingerprint density at radius 1 is 0.625 bits per heavy atom. The lowest BCUT2D eigenvalue weighted by molar-refractivity contribution is 0.555. The van der Waals surface area contributed by atoms with Gasteiger partial charge in [0.1, 0.15) is 0 Å². The second kappa shape index (κ2) is 12.2. The fourth-order valence-electron chi connectivity index (χ4n) is 1.88. The van der Waals surface area contributed by atoms with Crippen molar-refractivity contribution in [2.45, 2.75) is 88.6 Å². The Morgan fingerprint density at radius 3 is 1.25 bits per heavy atom. The van der Waals surface area contributed by atoms with Crippen LogP contribution in [0.2, 0.25) is 0 Å². The zero-order valence-corrected chi connectivity index (χ0v) is 12.9. The van der Waals surface area contributed by atoms with Crippen LogP contribution in [-0.2, 0) is 0 Å². The quantitative estimate of drug-likeness (QED) is 0.355. The number of hydrogen-bond donors (Lipinski definition) is 2. The van der Waals surface area contributed by atoms with Crippen LogP contribution in [0.5, 0.6) is 0 Å². The van der Waals surface area contributed by atoms with Crippen LogP contribution in [-0.4, -0.2) is 10.5 Å². The second-order valence-corrected chi connectivity index (χ2v) is 6.28. The van der Waals surface area contributed by atoms with Crippen LogP contribution in [0, 0.1) is 0 Å². The molecule has 0 N–H and O–H groups in total. The van der Waals surface area contributed by atoms with Crippen LogP contribution in [0.1, 0.15) is 78.1 Å². The minimum Gasteiger partial charge on any atom is -0.176 e. The van der Waals surface area contributed by atoms with Crippen molar-refractivity contribution in [2.75, 3.05) is 0 Å². The minimum absolute atomic E-state index is 0.634. The van der Waals surface area contributed by atoms with E-state index in [-0.39, 0.29) is 0 Å². The largest absolute Gasteiger partial charge is 0.176 e. The first-order chi connectivity index (χ1) is 7.70. The van der Waals surface area contributed by atoms with E-state index in [9.17, 15) is 0 Å². The zero-order valence-electron chi connectivity index (χ0n) is 11.1. The SMILES string of the molecule is CCC(S)CCCCCCCCC(S)CC. The highest BCUT2D eigenvalue weighted by atomic mass is 32.1. The van der Waals surface area contributed by atoms with Crippen molar-refractivity contribution in [3.8, 4) is 0 Å². The Kier molecular flexibility index (Phi) is 12.7. The number of hydrogen-bond acceptors (Lipinski definition) is 2. The normalized spacial score (nSPS) is 15.0. The first-order valence-electron chi connectivity index (χ1n) is 7.06. The molecule has 0 heterocycles. The van der Waals surface area contributed by atoms with Crippen molar-refractivity contribution >= 4 is 25.3 Å². The van der Waals surface area contributed by atoms with Gasteiger partial charge in [-0.25, -0.2) is 0 Å². The van der Waals surface area contributed by atoms with E-state index in [2.05, 4.69) is 39.1 Å². The summed E-state index contributed by atoms with van der Waals surface area (Å²) in [6, 6.07) is 0. The van der Waals surface area contributed by atoms with Gasteiger partial charge < -0.3 is 0 Å². The lowest BCUT2D eigenvalue weighted by Gasteiger charge is -2.08. The van der Waals surface area contributed by atoms with Gasteiger partial charge in [0.15, 0.2) is 0 Å². The Hall–Kier alpha value is 0.700. The van der Waals surface area contributed by atoms with E-state index < -0.39 is 0 Å². The fourth-order valence-corrected chi connectivity index (χ4v) is 2.24. The summed E-state index contributed by atoms with van der Waals surface area (Å²) in [6.45, 7) is 4.44. The van der Waals surface area contributed by atoms with Gasteiger partial charge in [-0.1, -0.05) is 52.4 Å². The first kappa shape index (κ1) is 16.7. The van der Waals surface area contributed by atoms with Gasteiger partial charge in [-0.3, -0.25) is 0 Å². The molecular formula is C14H30S2. The van der Waals surface area contributed by atoms with Crippen LogP contribution < -0.4 is 0 Å². The molecule has 0 aliphatic heterocycles. The Bertz CT molecular complexity index is 121. The molecule has 0 fully saturated rings. The third-order valence-corrected chi connectivity index (χ3v) is 4.51. The molecule has 2 heteroatoms. The maximum Gasteiger partial charge on any atom is 0.00141 e. The molecule has 0 bridgehead atoms. The molecule has 0 amide bonds. The standard InChI is InChI=1S/C14H30S2/c1-3-13(15)11-9-7-5-6-8-10-12-14(16)4-2/h13-16H,3-12H2,1-2H3. The van der Waals surface area contributed by atoms with Gasteiger partial charge in [-0.2, -0.15) is 25.3 Å². The molecule has 0 rings (SSSR count). The molecule has 0 aromatic carbocycles. The topological polar surface area (TPSA) is 0 Å². The summed E-state index contributed by atoms with van der Waals surface area (Å²) in [7, 11) is 0. The third kappa shape index (κ3) is 11.2. The number of rotatable bonds is 11. The lowest BCUT2D eigenvalue weighted by atomic mass is 10.1. The van der Waals surface area contributed by atoms with Gasteiger partial charge in [0.2, 0.25) is 0 Å². The average molecular weight is 263 g/mol. The van der Waals surface area contributed by atoms with Crippen LogP contribution in [0.25, 0.3) is 0 Å². The van der Waals surface area contributed by atoms with Crippen molar-refractivity contribution in [1.82, 2.24) is 0 Å². The first-order valence-corrected chi connectivity index (χ1v) is 8.10. The molecule has 0 saturated carbocycles. The molecule has 0 aromatic heterocycles. The highest BCUT2D eigenvalue weighted by molar-refractivity contribution is 7.81. The summed E-state index contributed by atoms with van der Waals surface area (Å²) in [5.41, 5.74) is 0. The number of unbranched alkanes of at least 4 members (excludes halogenated alkanes) is 5. The van der Waals surface area contributed by atoms with Gasteiger partial charge in [0, 0.05) is 10.5 Å². The average Bonchev–Trinajstić information content (AvgIpc) is 2.31. The third-order valence-electron chi connectivity index (χ3n) is 3.27. The van der Waals surface area contributed by atoms with Crippen LogP contribution in [0.3, 0.4) is 0 Å². The summed E-state index contributed by atoms with van der Waals surface area (Å²) in [5, 5.41) is 1.27. The van der Waals surface area contributed by atoms with Crippen molar-refractivity contribution in [3.63, 3.8) is 0 Å². The molecule has 0 nitrogen and oxygen atoms in total. The highest BCUT2D eigenvalue weighted by Gasteiger charge is 2.00. The van der Waals surface area contributed by atoms with Crippen LogP contribution >= 0.6 is 25.3 Å². The van der Waals surface area contributed by atoms with E-state index in [4.69, 9.17) is 0 Å². The Morgan fingerprint density at radius 2 is 0.938 bits per heavy atom. The smallest absolute Gasteiger partial charge is 0.00141 e. The van der Waals surface area contributed by atoms with E-state index in [0.717, 1.165) is 0 Å². The zero-order chi connectivity index (χ0) is 12.2. The Labute approximate surface area is 114 Å². The molecule has 98 valence electrons. The predicted molar refractivity (Wildman–Crippen MR) is 83.1 cm³/mol. The van der Waals surface area contributed by atoms with Gasteiger partial charge in [-0.15, -0.1) is 0 Å².